The molecule has 0 spiro atoms. The van der Waals surface area contributed by atoms with E-state index < -0.39 is 51.9 Å². The van der Waals surface area contributed by atoms with Crippen LogP contribution in [0, 0.1) is 18.3 Å². The van der Waals surface area contributed by atoms with Crippen molar-refractivity contribution in [1.29, 1.82) is 5.41 Å². The first-order valence-corrected chi connectivity index (χ1v) is 15.4. The summed E-state index contributed by atoms with van der Waals surface area (Å²) < 4.78 is 27.6. The summed E-state index contributed by atoms with van der Waals surface area (Å²) in [6.07, 6.45) is 7.00. The Morgan fingerprint density at radius 2 is 1.90 bits per heavy atom. The van der Waals surface area contributed by atoms with E-state index in [2.05, 4.69) is 20.7 Å². The SMILES string of the molecule is Cc1ccc(S(=O)(=O)NCC(=O)N2CCC[C@H]2C(=O)N[C@@H](CCCNC(=N)N)C(=O)NC2(C)C=CC(N)=CC2C)cc1. The lowest BCUT2D eigenvalue weighted by molar-refractivity contribution is -0.139. The van der Waals surface area contributed by atoms with Crippen LogP contribution in [0.2, 0.25) is 0 Å². The van der Waals surface area contributed by atoms with Crippen molar-refractivity contribution in [2.45, 2.75) is 69.0 Å². The van der Waals surface area contributed by atoms with Crippen molar-refractivity contribution in [3.05, 3.63) is 53.8 Å². The molecule has 1 aromatic carbocycles. The van der Waals surface area contributed by atoms with E-state index in [0.717, 1.165) is 5.56 Å². The Balaban J connectivity index is 1.67. The minimum atomic E-state index is -3.91. The predicted molar refractivity (Wildman–Crippen MR) is 159 cm³/mol. The molecule has 1 aliphatic carbocycles. The Labute approximate surface area is 247 Å². The van der Waals surface area contributed by atoms with Crippen molar-refractivity contribution in [3.8, 4) is 0 Å². The zero-order valence-corrected chi connectivity index (χ0v) is 25.1. The van der Waals surface area contributed by atoms with Gasteiger partial charge in [-0.2, -0.15) is 0 Å². The standard InChI is InChI=1S/C28H42N8O5S/c1-18-8-10-21(11-9-18)42(40,41)33-17-24(37)36-15-5-7-23(36)26(39)34-22(6-4-14-32-27(30)31)25(38)35-28(3)13-12-20(29)16-19(28)2/h8-13,16,19,22-23,33H,4-7,14-15,17,29H2,1-3H3,(H,34,39)(H,35,38)(H4,30,31,32)/t19?,22-,23-,28?/m0/s1. The van der Waals surface area contributed by atoms with Gasteiger partial charge < -0.3 is 32.3 Å². The number of carbonyl (C=O) groups is 3. The van der Waals surface area contributed by atoms with Gasteiger partial charge in [-0.3, -0.25) is 19.8 Å². The third kappa shape index (κ3) is 8.55. The van der Waals surface area contributed by atoms with E-state index in [1.165, 1.54) is 17.0 Å². The van der Waals surface area contributed by atoms with Crippen LogP contribution in [0.1, 0.15) is 45.1 Å². The Morgan fingerprint density at radius 1 is 1.21 bits per heavy atom. The molecule has 1 saturated heterocycles. The van der Waals surface area contributed by atoms with Crippen molar-refractivity contribution < 1.29 is 22.8 Å². The molecule has 230 valence electrons. The van der Waals surface area contributed by atoms with Gasteiger partial charge in [0, 0.05) is 24.7 Å². The van der Waals surface area contributed by atoms with Gasteiger partial charge in [-0.15, -0.1) is 0 Å². The van der Waals surface area contributed by atoms with Crippen molar-refractivity contribution in [2.75, 3.05) is 19.6 Å². The lowest BCUT2D eigenvalue weighted by Crippen LogP contribution is -2.58. The molecule has 1 aliphatic heterocycles. The van der Waals surface area contributed by atoms with E-state index in [1.54, 1.807) is 18.2 Å². The number of aryl methyl sites for hydroxylation is 1. The third-order valence-corrected chi connectivity index (χ3v) is 9.06. The number of nitrogens with one attached hydrogen (secondary N) is 5. The number of likely N-dealkylation sites (tertiary alicyclic amines) is 1. The molecule has 0 aromatic heterocycles. The molecule has 1 aromatic rings. The average Bonchev–Trinajstić information content (AvgIpc) is 3.42. The second kappa shape index (κ2) is 13.8. The van der Waals surface area contributed by atoms with Crippen LogP contribution in [-0.2, 0) is 24.4 Å². The van der Waals surface area contributed by atoms with Crippen molar-refractivity contribution >= 4 is 33.7 Å². The zero-order chi connectivity index (χ0) is 31.1. The molecule has 42 heavy (non-hydrogen) atoms. The maximum absolute atomic E-state index is 13.4. The molecule has 3 amide bonds. The van der Waals surface area contributed by atoms with E-state index in [0.29, 0.717) is 31.5 Å². The number of nitrogens with two attached hydrogens (primary N) is 2. The number of carbonyl (C=O) groups excluding carboxylic acids is 3. The Hall–Kier alpha value is -3.91. The second-order valence-corrected chi connectivity index (χ2v) is 12.8. The first-order valence-electron chi connectivity index (χ1n) is 13.9. The molecular formula is C28H42N8O5S. The van der Waals surface area contributed by atoms with Crippen molar-refractivity contribution in [2.24, 2.45) is 17.4 Å². The minimum absolute atomic E-state index is 0.0405. The number of allylic oxidation sites excluding steroid dienone is 1. The fourth-order valence-corrected chi connectivity index (χ4v) is 5.88. The molecule has 4 atom stereocenters. The molecule has 0 saturated carbocycles. The van der Waals surface area contributed by atoms with Gasteiger partial charge in [0.15, 0.2) is 5.96 Å². The summed E-state index contributed by atoms with van der Waals surface area (Å²) >= 11 is 0. The normalized spacial score (nSPS) is 22.6. The zero-order valence-electron chi connectivity index (χ0n) is 24.3. The van der Waals surface area contributed by atoms with Gasteiger partial charge in [-0.05, 0) is 57.7 Å². The smallest absolute Gasteiger partial charge is 0.243 e. The summed E-state index contributed by atoms with van der Waals surface area (Å²) in [6.45, 7) is 5.74. The van der Waals surface area contributed by atoms with Gasteiger partial charge >= 0.3 is 0 Å². The van der Waals surface area contributed by atoms with Crippen LogP contribution in [0.25, 0.3) is 0 Å². The summed E-state index contributed by atoms with van der Waals surface area (Å²) in [5, 5.41) is 15.8. The highest BCUT2D eigenvalue weighted by atomic mass is 32.2. The van der Waals surface area contributed by atoms with Crippen molar-refractivity contribution in [1.82, 2.24) is 25.6 Å². The van der Waals surface area contributed by atoms with Crippen LogP contribution in [0.5, 0.6) is 0 Å². The molecule has 1 heterocycles. The van der Waals surface area contributed by atoms with Crippen LogP contribution < -0.4 is 32.1 Å². The maximum Gasteiger partial charge on any atom is 0.243 e. The third-order valence-electron chi connectivity index (χ3n) is 7.64. The lowest BCUT2D eigenvalue weighted by Gasteiger charge is -2.36. The molecule has 0 radical (unpaired) electrons. The quantitative estimate of drug-likeness (QED) is 0.0975. The number of nitrogens with zero attached hydrogens (tertiary/aromatic N) is 1. The molecule has 2 aliphatic rings. The molecule has 3 rings (SSSR count). The van der Waals surface area contributed by atoms with Crippen LogP contribution in [0.4, 0.5) is 0 Å². The Kier molecular flexibility index (Phi) is 10.7. The average molecular weight is 603 g/mol. The summed E-state index contributed by atoms with van der Waals surface area (Å²) in [5.41, 5.74) is 12.0. The van der Waals surface area contributed by atoms with Gasteiger partial charge in [0.05, 0.1) is 17.0 Å². The van der Waals surface area contributed by atoms with Crippen LogP contribution in [0.15, 0.2) is 53.1 Å². The van der Waals surface area contributed by atoms with E-state index in [4.69, 9.17) is 16.9 Å². The number of hydrogen-bond acceptors (Lipinski definition) is 7. The molecule has 2 unspecified atom stereocenters. The summed E-state index contributed by atoms with van der Waals surface area (Å²) in [6, 6.07) is 4.47. The minimum Gasteiger partial charge on any atom is -0.399 e. The van der Waals surface area contributed by atoms with Gasteiger partial charge in [-0.1, -0.05) is 36.8 Å². The first kappa shape index (κ1) is 32.6. The maximum atomic E-state index is 13.4. The summed E-state index contributed by atoms with van der Waals surface area (Å²) in [5.74, 6) is -1.73. The molecule has 13 nitrogen and oxygen atoms in total. The number of rotatable bonds is 12. The van der Waals surface area contributed by atoms with Crippen molar-refractivity contribution in [3.63, 3.8) is 0 Å². The Bertz CT molecular complexity index is 1340. The van der Waals surface area contributed by atoms with Crippen LogP contribution in [0.3, 0.4) is 0 Å². The summed E-state index contributed by atoms with van der Waals surface area (Å²) in [7, 11) is -3.91. The van der Waals surface area contributed by atoms with E-state index in [-0.39, 0.29) is 29.7 Å². The molecule has 14 heteroatoms. The van der Waals surface area contributed by atoms with Gasteiger partial charge in [0.2, 0.25) is 27.7 Å². The highest BCUT2D eigenvalue weighted by Crippen LogP contribution is 2.26. The second-order valence-electron chi connectivity index (χ2n) is 11.0. The molecule has 9 N–H and O–H groups in total. The topological polar surface area (TPSA) is 213 Å². The van der Waals surface area contributed by atoms with E-state index >= 15 is 0 Å². The van der Waals surface area contributed by atoms with Gasteiger partial charge in [0.1, 0.15) is 12.1 Å². The monoisotopic (exact) mass is 602 g/mol. The predicted octanol–water partition coefficient (Wildman–Crippen LogP) is -0.0642. The number of guanidine groups is 1. The van der Waals surface area contributed by atoms with Gasteiger partial charge in [0.25, 0.3) is 0 Å². The highest BCUT2D eigenvalue weighted by molar-refractivity contribution is 7.89. The lowest BCUT2D eigenvalue weighted by atomic mass is 9.82. The van der Waals surface area contributed by atoms with Gasteiger partial charge in [-0.25, -0.2) is 13.1 Å². The molecule has 1 fully saturated rings. The Morgan fingerprint density at radius 3 is 2.55 bits per heavy atom. The first-order chi connectivity index (χ1) is 19.7. The number of sulfonamides is 1. The largest absolute Gasteiger partial charge is 0.399 e. The number of amides is 3. The van der Waals surface area contributed by atoms with E-state index in [9.17, 15) is 22.8 Å². The highest BCUT2D eigenvalue weighted by Gasteiger charge is 2.38. The summed E-state index contributed by atoms with van der Waals surface area (Å²) in [4.78, 5) is 41.3. The number of hydrogen-bond donors (Lipinski definition) is 7. The molecular weight excluding hydrogens is 560 g/mol. The van der Waals surface area contributed by atoms with Crippen LogP contribution in [-0.4, -0.2) is 74.3 Å². The molecule has 0 bridgehead atoms. The number of benzene rings is 1. The fourth-order valence-electron chi connectivity index (χ4n) is 4.91. The fraction of sp³-hybridized carbons (Fsp3) is 0.500. The van der Waals surface area contributed by atoms with Crippen LogP contribution >= 0.6 is 0 Å². The van der Waals surface area contributed by atoms with E-state index in [1.807, 2.05) is 32.9 Å².